The Labute approximate surface area is 131 Å². The van der Waals surface area contributed by atoms with Crippen LogP contribution in [0, 0.1) is 11.7 Å². The van der Waals surface area contributed by atoms with Gasteiger partial charge in [0.1, 0.15) is 15.7 Å². The first-order chi connectivity index (χ1) is 10.3. The Bertz CT molecular complexity index is 645. The Hall–Kier alpha value is -1.43. The van der Waals surface area contributed by atoms with Crippen LogP contribution in [0.15, 0.2) is 24.3 Å². The summed E-state index contributed by atoms with van der Waals surface area (Å²) in [7, 11) is -3.05. The fourth-order valence-electron chi connectivity index (χ4n) is 3.05. The summed E-state index contributed by atoms with van der Waals surface area (Å²) < 4.78 is 35.7. The molecule has 1 aromatic rings. The fraction of sp³-hybridized carbons (Fsp3) is 0.562. The van der Waals surface area contributed by atoms with Crippen LogP contribution in [0.1, 0.15) is 37.8 Å². The summed E-state index contributed by atoms with van der Waals surface area (Å²) in [6.07, 6.45) is 2.59. The molecule has 1 aliphatic rings. The molecule has 0 aliphatic carbocycles. The van der Waals surface area contributed by atoms with Crippen molar-refractivity contribution in [3.63, 3.8) is 0 Å². The van der Waals surface area contributed by atoms with Gasteiger partial charge in [-0.3, -0.25) is 4.79 Å². The van der Waals surface area contributed by atoms with Crippen molar-refractivity contribution in [2.24, 2.45) is 5.92 Å². The number of halogens is 1. The highest BCUT2D eigenvalue weighted by molar-refractivity contribution is 7.90. The number of sulfone groups is 1. The first-order valence-corrected chi connectivity index (χ1v) is 9.56. The number of hydrogen-bond donors (Lipinski definition) is 0. The smallest absolute Gasteiger partial charge is 0.223 e. The van der Waals surface area contributed by atoms with Crippen molar-refractivity contribution < 1.29 is 17.6 Å². The Kier molecular flexibility index (Phi) is 5.21. The Balaban J connectivity index is 2.07. The number of carbonyl (C=O) groups excluding carboxylic acids is 1. The third-order valence-corrected chi connectivity index (χ3v) is 5.15. The average Bonchev–Trinajstić information content (AvgIpc) is 2.79. The Morgan fingerprint density at radius 2 is 2.14 bits per heavy atom. The molecule has 1 saturated heterocycles. The highest BCUT2D eigenvalue weighted by Gasteiger charge is 2.35. The minimum absolute atomic E-state index is 0.0206. The van der Waals surface area contributed by atoms with E-state index in [9.17, 15) is 17.6 Å². The molecule has 0 spiro atoms. The molecule has 0 N–H and O–H groups in total. The van der Waals surface area contributed by atoms with Gasteiger partial charge in [0.25, 0.3) is 0 Å². The molecule has 4 nitrogen and oxygen atoms in total. The van der Waals surface area contributed by atoms with Crippen LogP contribution >= 0.6 is 0 Å². The van der Waals surface area contributed by atoms with E-state index in [1.54, 1.807) is 11.0 Å². The van der Waals surface area contributed by atoms with E-state index in [0.29, 0.717) is 13.0 Å². The molecule has 0 unspecified atom stereocenters. The molecule has 1 amide bonds. The number of nitrogens with zero attached hydrogens (tertiary/aromatic N) is 1. The van der Waals surface area contributed by atoms with Crippen molar-refractivity contribution in [2.45, 2.75) is 32.2 Å². The van der Waals surface area contributed by atoms with Crippen molar-refractivity contribution in [3.05, 3.63) is 35.6 Å². The van der Waals surface area contributed by atoms with Gasteiger partial charge < -0.3 is 4.90 Å². The number of benzene rings is 1. The van der Waals surface area contributed by atoms with Gasteiger partial charge >= 0.3 is 0 Å². The summed E-state index contributed by atoms with van der Waals surface area (Å²) in [5, 5.41) is 0. The van der Waals surface area contributed by atoms with E-state index in [-0.39, 0.29) is 35.9 Å². The maximum atomic E-state index is 13.4. The standard InChI is InChI=1S/C16H22FNO3S/c1-12-8-9-18(15(19)7-4-10-22(2,20)21)16(12)13-5-3-6-14(17)11-13/h3,5-6,11-12,16H,4,7-10H2,1-2H3/t12-,16+/m1/s1. The van der Waals surface area contributed by atoms with Gasteiger partial charge in [0.05, 0.1) is 11.8 Å². The zero-order chi connectivity index (χ0) is 16.3. The molecule has 0 aromatic heterocycles. The summed E-state index contributed by atoms with van der Waals surface area (Å²) in [6, 6.07) is 6.24. The molecule has 6 heteroatoms. The van der Waals surface area contributed by atoms with Gasteiger partial charge in [-0.1, -0.05) is 19.1 Å². The molecule has 22 heavy (non-hydrogen) atoms. The number of amides is 1. The lowest BCUT2D eigenvalue weighted by Crippen LogP contribution is -2.32. The highest BCUT2D eigenvalue weighted by Crippen LogP contribution is 2.37. The van der Waals surface area contributed by atoms with Crippen LogP contribution in [-0.2, 0) is 14.6 Å². The van der Waals surface area contributed by atoms with E-state index in [1.807, 2.05) is 6.07 Å². The summed E-state index contributed by atoms with van der Waals surface area (Å²) in [5.74, 6) is -0.0729. The van der Waals surface area contributed by atoms with Crippen LogP contribution in [0.4, 0.5) is 4.39 Å². The van der Waals surface area contributed by atoms with Crippen LogP contribution < -0.4 is 0 Å². The van der Waals surface area contributed by atoms with Gasteiger partial charge in [0.2, 0.25) is 5.91 Å². The van der Waals surface area contributed by atoms with Gasteiger partial charge in [-0.15, -0.1) is 0 Å². The topological polar surface area (TPSA) is 54.5 Å². The number of likely N-dealkylation sites (tertiary alicyclic amines) is 1. The third-order valence-electron chi connectivity index (χ3n) is 4.12. The van der Waals surface area contributed by atoms with Gasteiger partial charge in [-0.25, -0.2) is 12.8 Å². The van der Waals surface area contributed by atoms with E-state index in [0.717, 1.165) is 12.0 Å². The number of rotatable bonds is 5. The molecule has 1 heterocycles. The van der Waals surface area contributed by atoms with Crippen LogP contribution in [0.3, 0.4) is 0 Å². The molecule has 2 atom stereocenters. The second-order valence-electron chi connectivity index (χ2n) is 6.09. The molecule has 0 radical (unpaired) electrons. The average molecular weight is 327 g/mol. The fourth-order valence-corrected chi connectivity index (χ4v) is 3.72. The molecule has 0 bridgehead atoms. The van der Waals surface area contributed by atoms with Crippen LogP contribution in [-0.4, -0.2) is 37.8 Å². The lowest BCUT2D eigenvalue weighted by atomic mass is 9.95. The largest absolute Gasteiger partial charge is 0.335 e. The molecule has 2 rings (SSSR count). The lowest BCUT2D eigenvalue weighted by molar-refractivity contribution is -0.132. The van der Waals surface area contributed by atoms with Gasteiger partial charge in [0.15, 0.2) is 0 Å². The zero-order valence-corrected chi connectivity index (χ0v) is 13.8. The van der Waals surface area contributed by atoms with Crippen molar-refractivity contribution in [1.82, 2.24) is 4.90 Å². The van der Waals surface area contributed by atoms with Crippen molar-refractivity contribution >= 4 is 15.7 Å². The van der Waals surface area contributed by atoms with Crippen LogP contribution in [0.2, 0.25) is 0 Å². The summed E-state index contributed by atoms with van der Waals surface area (Å²) >= 11 is 0. The normalized spacial score (nSPS) is 22.0. The quantitative estimate of drug-likeness (QED) is 0.835. The molecular formula is C16H22FNO3S. The summed E-state index contributed by atoms with van der Waals surface area (Å²) in [4.78, 5) is 14.1. The van der Waals surface area contributed by atoms with Crippen LogP contribution in [0.5, 0.6) is 0 Å². The Morgan fingerprint density at radius 1 is 1.41 bits per heavy atom. The summed E-state index contributed by atoms with van der Waals surface area (Å²) in [6.45, 7) is 2.69. The maximum absolute atomic E-state index is 13.4. The number of hydrogen-bond acceptors (Lipinski definition) is 3. The van der Waals surface area contributed by atoms with Gasteiger partial charge in [0, 0.05) is 19.2 Å². The molecule has 0 saturated carbocycles. The zero-order valence-electron chi connectivity index (χ0n) is 13.0. The van der Waals surface area contributed by atoms with E-state index >= 15 is 0 Å². The predicted molar refractivity (Wildman–Crippen MR) is 83.6 cm³/mol. The van der Waals surface area contributed by atoms with E-state index in [2.05, 4.69) is 6.92 Å². The third kappa shape index (κ3) is 4.29. The van der Waals surface area contributed by atoms with Crippen molar-refractivity contribution in [1.29, 1.82) is 0 Å². The SMILES string of the molecule is C[C@@H]1CCN(C(=O)CCCS(C)(=O)=O)[C@@H]1c1cccc(F)c1. The van der Waals surface area contributed by atoms with Crippen LogP contribution in [0.25, 0.3) is 0 Å². The first-order valence-electron chi connectivity index (χ1n) is 7.50. The van der Waals surface area contributed by atoms with E-state index in [1.165, 1.54) is 18.4 Å². The highest BCUT2D eigenvalue weighted by atomic mass is 32.2. The Morgan fingerprint density at radius 3 is 2.77 bits per heavy atom. The minimum Gasteiger partial charge on any atom is -0.335 e. The molecular weight excluding hydrogens is 305 g/mol. The molecule has 1 aliphatic heterocycles. The molecule has 1 fully saturated rings. The van der Waals surface area contributed by atoms with Gasteiger partial charge in [-0.05, 0) is 36.5 Å². The maximum Gasteiger partial charge on any atom is 0.223 e. The van der Waals surface area contributed by atoms with E-state index in [4.69, 9.17) is 0 Å². The minimum atomic E-state index is -3.05. The lowest BCUT2D eigenvalue weighted by Gasteiger charge is -2.27. The first kappa shape index (κ1) is 16.9. The van der Waals surface area contributed by atoms with E-state index < -0.39 is 9.84 Å². The number of carbonyl (C=O) groups is 1. The summed E-state index contributed by atoms with van der Waals surface area (Å²) in [5.41, 5.74) is 0.807. The monoisotopic (exact) mass is 327 g/mol. The predicted octanol–water partition coefficient (Wildman–Crippen LogP) is 2.56. The molecule has 122 valence electrons. The van der Waals surface area contributed by atoms with Crippen molar-refractivity contribution in [2.75, 3.05) is 18.6 Å². The van der Waals surface area contributed by atoms with Gasteiger partial charge in [-0.2, -0.15) is 0 Å². The second-order valence-corrected chi connectivity index (χ2v) is 8.35. The second kappa shape index (κ2) is 6.77. The molecule has 1 aromatic carbocycles. The van der Waals surface area contributed by atoms with Crippen molar-refractivity contribution in [3.8, 4) is 0 Å².